The van der Waals surface area contributed by atoms with Crippen LogP contribution in [0, 0.1) is 6.92 Å². The predicted molar refractivity (Wildman–Crippen MR) is 132 cm³/mol. The van der Waals surface area contributed by atoms with Crippen molar-refractivity contribution >= 4 is 50.9 Å². The van der Waals surface area contributed by atoms with Gasteiger partial charge in [-0.3, -0.25) is 9.97 Å². The number of nitrogens with zero attached hydrogens (tertiary/aromatic N) is 5. The van der Waals surface area contributed by atoms with E-state index in [9.17, 15) is 0 Å². The molecule has 0 unspecified atom stereocenters. The molecule has 3 heterocycles. The van der Waals surface area contributed by atoms with E-state index in [1.807, 2.05) is 68.5 Å². The normalized spacial score (nSPS) is 11.0. The molecular formula is C24H24N8O. The third-order valence-corrected chi connectivity index (χ3v) is 5.33. The molecule has 2 aromatic carbocycles. The van der Waals surface area contributed by atoms with Crippen molar-refractivity contribution in [3.05, 3.63) is 60.6 Å². The molecule has 0 amide bonds. The molecule has 0 spiro atoms. The van der Waals surface area contributed by atoms with Crippen molar-refractivity contribution in [1.82, 2.24) is 24.9 Å². The molecule has 9 heteroatoms. The van der Waals surface area contributed by atoms with Crippen LogP contribution in [-0.2, 0) is 0 Å². The second kappa shape index (κ2) is 8.27. The Morgan fingerprint density at radius 1 is 0.939 bits per heavy atom. The van der Waals surface area contributed by atoms with Crippen molar-refractivity contribution in [2.75, 3.05) is 36.7 Å². The summed E-state index contributed by atoms with van der Waals surface area (Å²) in [6, 6.07) is 11.8. The first-order valence-corrected chi connectivity index (χ1v) is 10.5. The number of anilines is 5. The summed E-state index contributed by atoms with van der Waals surface area (Å²) in [6.45, 7) is 2.03. The van der Waals surface area contributed by atoms with Crippen molar-refractivity contribution in [3.8, 4) is 5.75 Å². The van der Waals surface area contributed by atoms with Crippen LogP contribution in [0.1, 0.15) is 5.56 Å². The Morgan fingerprint density at radius 3 is 2.61 bits per heavy atom. The number of methoxy groups -OCH3 is 1. The van der Waals surface area contributed by atoms with Gasteiger partial charge >= 0.3 is 0 Å². The average molecular weight is 441 g/mol. The van der Waals surface area contributed by atoms with E-state index in [0.717, 1.165) is 39.0 Å². The number of H-pyrrole nitrogens is 1. The van der Waals surface area contributed by atoms with Crippen molar-refractivity contribution in [3.63, 3.8) is 0 Å². The Bertz CT molecular complexity index is 1460. The lowest BCUT2D eigenvalue weighted by Crippen LogP contribution is -2.13. The number of benzene rings is 2. The van der Waals surface area contributed by atoms with E-state index in [2.05, 4.69) is 30.6 Å². The van der Waals surface area contributed by atoms with Gasteiger partial charge in [-0.1, -0.05) is 6.07 Å². The highest BCUT2D eigenvalue weighted by atomic mass is 16.5. The highest BCUT2D eigenvalue weighted by Crippen LogP contribution is 2.35. The van der Waals surface area contributed by atoms with Gasteiger partial charge in [0.25, 0.3) is 0 Å². The molecule has 0 bridgehead atoms. The largest absolute Gasteiger partial charge is 0.495 e. The van der Waals surface area contributed by atoms with Gasteiger partial charge in [0.05, 0.1) is 35.1 Å². The number of hydrogen-bond donors (Lipinski definition) is 3. The summed E-state index contributed by atoms with van der Waals surface area (Å²) in [4.78, 5) is 23.6. The van der Waals surface area contributed by atoms with E-state index < -0.39 is 0 Å². The molecule has 3 aromatic heterocycles. The second-order valence-electron chi connectivity index (χ2n) is 7.87. The van der Waals surface area contributed by atoms with Crippen LogP contribution >= 0.6 is 0 Å². The molecule has 0 radical (unpaired) electrons. The van der Waals surface area contributed by atoms with Crippen LogP contribution < -0.4 is 20.3 Å². The van der Waals surface area contributed by atoms with E-state index in [0.29, 0.717) is 23.2 Å². The lowest BCUT2D eigenvalue weighted by atomic mass is 10.2. The first kappa shape index (κ1) is 20.5. The first-order chi connectivity index (χ1) is 16.0. The zero-order chi connectivity index (χ0) is 22.9. The van der Waals surface area contributed by atoms with E-state index in [1.54, 1.807) is 19.5 Å². The summed E-state index contributed by atoms with van der Waals surface area (Å²) < 4.78 is 5.49. The van der Waals surface area contributed by atoms with Gasteiger partial charge in [0.15, 0.2) is 0 Å². The Kier molecular flexibility index (Phi) is 5.14. The maximum atomic E-state index is 5.49. The van der Waals surface area contributed by atoms with Crippen LogP contribution in [-0.4, -0.2) is 46.1 Å². The van der Waals surface area contributed by atoms with Crippen LogP contribution in [0.25, 0.3) is 22.1 Å². The average Bonchev–Trinajstić information content (AvgIpc) is 3.28. The zero-order valence-corrected chi connectivity index (χ0v) is 18.8. The van der Waals surface area contributed by atoms with Crippen LogP contribution in [0.2, 0.25) is 0 Å². The summed E-state index contributed by atoms with van der Waals surface area (Å²) in [7, 11) is 5.61. The third-order valence-electron chi connectivity index (χ3n) is 5.33. The van der Waals surface area contributed by atoms with Crippen LogP contribution in [0.4, 0.5) is 28.8 Å². The number of fused-ring (bicyclic) bond motifs is 2. The van der Waals surface area contributed by atoms with E-state index in [-0.39, 0.29) is 0 Å². The number of hydrogen-bond acceptors (Lipinski definition) is 8. The van der Waals surface area contributed by atoms with Crippen molar-refractivity contribution in [2.45, 2.75) is 6.92 Å². The highest BCUT2D eigenvalue weighted by Gasteiger charge is 2.16. The maximum absolute atomic E-state index is 5.49. The topological polar surface area (TPSA) is 104 Å². The van der Waals surface area contributed by atoms with Crippen molar-refractivity contribution < 1.29 is 4.74 Å². The van der Waals surface area contributed by atoms with Gasteiger partial charge in [0, 0.05) is 32.7 Å². The van der Waals surface area contributed by atoms with Crippen LogP contribution in [0.5, 0.6) is 5.75 Å². The number of rotatable bonds is 6. The molecule has 9 nitrogen and oxygen atoms in total. The number of aryl methyl sites for hydroxylation is 1. The second-order valence-corrected chi connectivity index (χ2v) is 7.87. The van der Waals surface area contributed by atoms with Gasteiger partial charge in [0.1, 0.15) is 22.7 Å². The lowest BCUT2D eigenvalue weighted by molar-refractivity contribution is 0.416. The molecule has 0 aliphatic rings. The minimum atomic E-state index is 0.448. The molecule has 0 saturated heterocycles. The summed E-state index contributed by atoms with van der Waals surface area (Å²) in [5, 5.41) is 7.66. The summed E-state index contributed by atoms with van der Waals surface area (Å²) in [5.74, 6) is 1.83. The molecule has 5 aromatic rings. The number of nitrogens with one attached hydrogen (secondary N) is 3. The fourth-order valence-electron chi connectivity index (χ4n) is 3.84. The molecule has 3 N–H and O–H groups in total. The SMILES string of the molecule is COc1ccc(C)cc1Nc1nc(Nc2ccc3nccnc3c2N(C)C)c2cc[nH]c2n1. The monoisotopic (exact) mass is 440 g/mol. The molecule has 166 valence electrons. The fraction of sp³-hybridized carbons (Fsp3) is 0.167. The Balaban J connectivity index is 1.59. The number of ether oxygens (including phenoxy) is 1. The molecule has 0 atom stereocenters. The molecule has 33 heavy (non-hydrogen) atoms. The maximum Gasteiger partial charge on any atom is 0.231 e. The van der Waals surface area contributed by atoms with E-state index in [1.165, 1.54) is 0 Å². The molecule has 0 aliphatic heterocycles. The predicted octanol–water partition coefficient (Wildman–Crippen LogP) is 4.77. The first-order valence-electron chi connectivity index (χ1n) is 10.5. The summed E-state index contributed by atoms with van der Waals surface area (Å²) in [5.41, 5.74) is 6.05. The Labute approximate surface area is 190 Å². The van der Waals surface area contributed by atoms with Crippen molar-refractivity contribution in [1.29, 1.82) is 0 Å². The van der Waals surface area contributed by atoms with Gasteiger partial charge in [-0.15, -0.1) is 0 Å². The smallest absolute Gasteiger partial charge is 0.231 e. The van der Waals surface area contributed by atoms with Crippen molar-refractivity contribution in [2.24, 2.45) is 0 Å². The van der Waals surface area contributed by atoms with E-state index in [4.69, 9.17) is 9.72 Å². The van der Waals surface area contributed by atoms with Gasteiger partial charge in [0.2, 0.25) is 5.95 Å². The van der Waals surface area contributed by atoms with Crippen LogP contribution in [0.3, 0.4) is 0 Å². The Hall–Kier alpha value is -4.40. The quantitative estimate of drug-likeness (QED) is 0.347. The minimum absolute atomic E-state index is 0.448. The standard InChI is InChI=1S/C24H24N8O/c1-14-5-8-19(33-4)18(13-14)29-24-30-22-15(9-10-27-22)23(31-24)28-17-7-6-16-20(21(17)32(2)3)26-12-11-25-16/h5-13H,1-4H3,(H3,27,28,29,30,31). The minimum Gasteiger partial charge on any atom is -0.495 e. The molecule has 0 saturated carbocycles. The molecule has 5 rings (SSSR count). The molecular weight excluding hydrogens is 416 g/mol. The highest BCUT2D eigenvalue weighted by molar-refractivity contribution is 5.99. The number of aromatic nitrogens is 5. The fourth-order valence-corrected chi connectivity index (χ4v) is 3.84. The van der Waals surface area contributed by atoms with Crippen LogP contribution in [0.15, 0.2) is 55.0 Å². The molecule has 0 fully saturated rings. The van der Waals surface area contributed by atoms with Gasteiger partial charge < -0.3 is 25.3 Å². The lowest BCUT2D eigenvalue weighted by Gasteiger charge is -2.20. The Morgan fingerprint density at radius 2 is 1.79 bits per heavy atom. The summed E-state index contributed by atoms with van der Waals surface area (Å²) >= 11 is 0. The van der Waals surface area contributed by atoms with E-state index >= 15 is 0 Å². The van der Waals surface area contributed by atoms with Gasteiger partial charge in [-0.05, 0) is 42.8 Å². The van der Waals surface area contributed by atoms with Gasteiger partial charge in [-0.25, -0.2) is 0 Å². The zero-order valence-electron chi connectivity index (χ0n) is 18.8. The third kappa shape index (κ3) is 3.84. The number of aromatic amines is 1. The van der Waals surface area contributed by atoms with Gasteiger partial charge in [-0.2, -0.15) is 9.97 Å². The summed E-state index contributed by atoms with van der Waals surface area (Å²) in [6.07, 6.45) is 5.24. The molecule has 0 aliphatic carbocycles.